The van der Waals surface area contributed by atoms with Crippen LogP contribution in [-0.2, 0) is 0 Å². The Hall–Kier alpha value is -0.0800. The molecule has 1 saturated carbocycles. The summed E-state index contributed by atoms with van der Waals surface area (Å²) < 4.78 is 0. The largest absolute Gasteiger partial charge is 0.326 e. The van der Waals surface area contributed by atoms with Gasteiger partial charge in [0.05, 0.1) is 0 Å². The van der Waals surface area contributed by atoms with Crippen LogP contribution in [-0.4, -0.2) is 29.6 Å². The molecule has 2 heteroatoms. The molecule has 2 unspecified atom stereocenters. The van der Waals surface area contributed by atoms with Gasteiger partial charge in [-0.15, -0.1) is 0 Å². The normalized spacial score (nSPS) is 20.8. The Balaban J connectivity index is 2.70. The Labute approximate surface area is 114 Å². The molecule has 0 radical (unpaired) electrons. The average Bonchev–Trinajstić information content (AvgIpc) is 2.81. The topological polar surface area (TPSA) is 29.3 Å². The lowest BCUT2D eigenvalue weighted by atomic mass is 9.96. The van der Waals surface area contributed by atoms with Gasteiger partial charge in [0.15, 0.2) is 0 Å². The molecule has 2 nitrogen and oxygen atoms in total. The highest BCUT2D eigenvalue weighted by molar-refractivity contribution is 4.88. The molecule has 1 fully saturated rings. The zero-order chi connectivity index (χ0) is 13.5. The first-order valence-electron chi connectivity index (χ1n) is 8.11. The fourth-order valence-electron chi connectivity index (χ4n) is 3.52. The summed E-state index contributed by atoms with van der Waals surface area (Å²) in [6.45, 7) is 10.4. The second kappa shape index (κ2) is 8.16. The van der Waals surface area contributed by atoms with Crippen LogP contribution in [0, 0.1) is 5.92 Å². The fraction of sp³-hybridized carbons (Fsp3) is 1.00. The molecular weight excluding hydrogens is 220 g/mol. The number of rotatable bonds is 8. The standard InChI is InChI=1S/C16H34N2/c1-5-9-15(17)16(6-2)18(12-13(3)4)14-10-7-8-11-14/h13-16H,5-12,17H2,1-4H3. The smallest absolute Gasteiger partial charge is 0.0247 e. The van der Waals surface area contributed by atoms with Gasteiger partial charge in [0.25, 0.3) is 0 Å². The van der Waals surface area contributed by atoms with E-state index in [0.29, 0.717) is 12.1 Å². The van der Waals surface area contributed by atoms with Gasteiger partial charge in [-0.2, -0.15) is 0 Å². The van der Waals surface area contributed by atoms with Gasteiger partial charge in [-0.05, 0) is 31.6 Å². The van der Waals surface area contributed by atoms with E-state index in [0.717, 1.165) is 12.0 Å². The van der Waals surface area contributed by atoms with E-state index in [1.54, 1.807) is 0 Å². The van der Waals surface area contributed by atoms with Crippen LogP contribution in [0.1, 0.15) is 72.6 Å². The lowest BCUT2D eigenvalue weighted by Crippen LogP contribution is -2.52. The molecule has 0 aromatic heterocycles. The van der Waals surface area contributed by atoms with Crippen molar-refractivity contribution in [2.45, 2.75) is 90.8 Å². The summed E-state index contributed by atoms with van der Waals surface area (Å²) in [7, 11) is 0. The first kappa shape index (κ1) is 16.0. The summed E-state index contributed by atoms with van der Waals surface area (Å²) in [6.07, 6.45) is 9.18. The molecule has 0 saturated heterocycles. The van der Waals surface area contributed by atoms with Gasteiger partial charge in [0.1, 0.15) is 0 Å². The van der Waals surface area contributed by atoms with Crippen LogP contribution >= 0.6 is 0 Å². The summed E-state index contributed by atoms with van der Waals surface area (Å²) in [4.78, 5) is 2.76. The first-order chi connectivity index (χ1) is 8.60. The van der Waals surface area contributed by atoms with Crippen molar-refractivity contribution in [3.63, 3.8) is 0 Å². The Morgan fingerprint density at radius 2 is 1.78 bits per heavy atom. The van der Waals surface area contributed by atoms with Crippen LogP contribution < -0.4 is 5.73 Å². The van der Waals surface area contributed by atoms with E-state index in [2.05, 4.69) is 32.6 Å². The van der Waals surface area contributed by atoms with Crippen molar-refractivity contribution < 1.29 is 0 Å². The molecule has 18 heavy (non-hydrogen) atoms. The van der Waals surface area contributed by atoms with Crippen molar-refractivity contribution in [3.05, 3.63) is 0 Å². The van der Waals surface area contributed by atoms with E-state index in [1.165, 1.54) is 51.5 Å². The van der Waals surface area contributed by atoms with E-state index in [1.807, 2.05) is 0 Å². The molecule has 0 spiro atoms. The lowest BCUT2D eigenvalue weighted by molar-refractivity contribution is 0.0950. The molecule has 108 valence electrons. The third-order valence-electron chi connectivity index (χ3n) is 4.33. The average molecular weight is 254 g/mol. The fourth-order valence-corrected chi connectivity index (χ4v) is 3.52. The monoisotopic (exact) mass is 254 g/mol. The Bertz CT molecular complexity index is 209. The molecular formula is C16H34N2. The van der Waals surface area contributed by atoms with Crippen molar-refractivity contribution in [2.75, 3.05) is 6.54 Å². The Morgan fingerprint density at radius 3 is 2.22 bits per heavy atom. The number of hydrogen-bond acceptors (Lipinski definition) is 2. The summed E-state index contributed by atoms with van der Waals surface area (Å²) in [5.74, 6) is 0.744. The predicted molar refractivity (Wildman–Crippen MR) is 80.8 cm³/mol. The molecule has 1 aliphatic carbocycles. The third kappa shape index (κ3) is 4.55. The molecule has 0 heterocycles. The summed E-state index contributed by atoms with van der Waals surface area (Å²) in [5.41, 5.74) is 6.44. The predicted octanol–water partition coefficient (Wildman–Crippen LogP) is 3.79. The molecule has 2 atom stereocenters. The van der Waals surface area contributed by atoms with Crippen molar-refractivity contribution >= 4 is 0 Å². The van der Waals surface area contributed by atoms with Gasteiger partial charge in [-0.1, -0.05) is 47.0 Å². The second-order valence-corrected chi connectivity index (χ2v) is 6.46. The van der Waals surface area contributed by atoms with Gasteiger partial charge in [0.2, 0.25) is 0 Å². The number of nitrogens with zero attached hydrogens (tertiary/aromatic N) is 1. The van der Waals surface area contributed by atoms with Gasteiger partial charge < -0.3 is 5.73 Å². The highest BCUT2D eigenvalue weighted by Gasteiger charge is 2.31. The van der Waals surface area contributed by atoms with Crippen LogP contribution in [0.5, 0.6) is 0 Å². The molecule has 0 bridgehead atoms. The molecule has 2 N–H and O–H groups in total. The van der Waals surface area contributed by atoms with Crippen molar-refractivity contribution in [1.29, 1.82) is 0 Å². The number of hydrogen-bond donors (Lipinski definition) is 1. The molecule has 0 aliphatic heterocycles. The van der Waals surface area contributed by atoms with Gasteiger partial charge in [0, 0.05) is 24.7 Å². The van der Waals surface area contributed by atoms with Crippen LogP contribution in [0.15, 0.2) is 0 Å². The second-order valence-electron chi connectivity index (χ2n) is 6.46. The zero-order valence-electron chi connectivity index (χ0n) is 13.0. The van der Waals surface area contributed by atoms with Gasteiger partial charge in [-0.3, -0.25) is 4.90 Å². The van der Waals surface area contributed by atoms with Crippen LogP contribution in [0.3, 0.4) is 0 Å². The highest BCUT2D eigenvalue weighted by Crippen LogP contribution is 2.28. The maximum atomic E-state index is 6.44. The van der Waals surface area contributed by atoms with Crippen molar-refractivity contribution in [2.24, 2.45) is 11.7 Å². The SMILES string of the molecule is CCCC(N)C(CC)N(CC(C)C)C1CCCC1. The molecule has 1 rings (SSSR count). The minimum atomic E-state index is 0.361. The van der Waals surface area contributed by atoms with Gasteiger partial charge in [-0.25, -0.2) is 0 Å². The van der Waals surface area contributed by atoms with E-state index < -0.39 is 0 Å². The van der Waals surface area contributed by atoms with Crippen LogP contribution in [0.25, 0.3) is 0 Å². The van der Waals surface area contributed by atoms with E-state index in [4.69, 9.17) is 5.73 Å². The van der Waals surface area contributed by atoms with E-state index >= 15 is 0 Å². The van der Waals surface area contributed by atoms with Crippen LogP contribution in [0.2, 0.25) is 0 Å². The summed E-state index contributed by atoms with van der Waals surface area (Å²) >= 11 is 0. The maximum Gasteiger partial charge on any atom is 0.0247 e. The minimum absolute atomic E-state index is 0.361. The molecule has 0 aromatic carbocycles. The Morgan fingerprint density at radius 1 is 1.17 bits per heavy atom. The molecule has 0 aromatic rings. The molecule has 1 aliphatic rings. The zero-order valence-corrected chi connectivity index (χ0v) is 13.0. The Kier molecular flexibility index (Phi) is 7.25. The van der Waals surface area contributed by atoms with Crippen LogP contribution in [0.4, 0.5) is 0 Å². The quantitative estimate of drug-likeness (QED) is 0.714. The van der Waals surface area contributed by atoms with Crippen molar-refractivity contribution in [1.82, 2.24) is 4.90 Å². The lowest BCUT2D eigenvalue weighted by Gasteiger charge is -2.40. The van der Waals surface area contributed by atoms with Crippen molar-refractivity contribution in [3.8, 4) is 0 Å². The highest BCUT2D eigenvalue weighted by atomic mass is 15.2. The van der Waals surface area contributed by atoms with E-state index in [9.17, 15) is 0 Å². The summed E-state index contributed by atoms with van der Waals surface area (Å²) in [5, 5.41) is 0. The summed E-state index contributed by atoms with van der Waals surface area (Å²) in [6, 6.07) is 1.76. The first-order valence-corrected chi connectivity index (χ1v) is 8.11. The maximum absolute atomic E-state index is 6.44. The minimum Gasteiger partial charge on any atom is -0.326 e. The van der Waals surface area contributed by atoms with E-state index in [-0.39, 0.29) is 0 Å². The number of nitrogens with two attached hydrogens (primary N) is 1. The molecule has 0 amide bonds. The third-order valence-corrected chi connectivity index (χ3v) is 4.33. The van der Waals surface area contributed by atoms with Gasteiger partial charge >= 0.3 is 0 Å².